The van der Waals surface area contributed by atoms with Gasteiger partial charge in [0.25, 0.3) is 0 Å². The molecule has 0 saturated heterocycles. The normalized spacial score (nSPS) is 14.3. The van der Waals surface area contributed by atoms with E-state index in [0.717, 1.165) is 6.42 Å². The first-order valence-electron chi connectivity index (χ1n) is 7.30. The number of anilines is 2. The summed E-state index contributed by atoms with van der Waals surface area (Å²) in [6.07, 6.45) is 1.05. The molecule has 4 nitrogen and oxygen atoms in total. The quantitative estimate of drug-likeness (QED) is 0.789. The number of hydrogen-bond acceptors (Lipinski definition) is 3. The third kappa shape index (κ3) is 5.21. The second kappa shape index (κ2) is 7.66. The van der Waals surface area contributed by atoms with E-state index in [9.17, 15) is 4.79 Å². The van der Waals surface area contributed by atoms with E-state index >= 15 is 0 Å². The van der Waals surface area contributed by atoms with Crippen LogP contribution in [0.5, 0.6) is 0 Å². The van der Waals surface area contributed by atoms with Gasteiger partial charge in [0.2, 0.25) is 5.91 Å². The molecular weight excluding hydrogens is 286 g/mol. The fourth-order valence-electron chi connectivity index (χ4n) is 2.30. The van der Waals surface area contributed by atoms with Crippen molar-refractivity contribution in [1.29, 1.82) is 0 Å². The van der Waals surface area contributed by atoms with Crippen molar-refractivity contribution in [1.82, 2.24) is 4.90 Å². The standard InChI is InChI=1S/C16H26ClN3O/c1-10(2)8-11(3)20(5)12(4)16(21)19-15-7-6-13(17)9-14(15)18/h6-7,9-12H,8,18H2,1-5H3,(H,19,21). The minimum Gasteiger partial charge on any atom is -0.397 e. The lowest BCUT2D eigenvalue weighted by Crippen LogP contribution is -2.44. The Bertz CT molecular complexity index is 490. The molecule has 1 amide bonds. The van der Waals surface area contributed by atoms with E-state index in [-0.39, 0.29) is 11.9 Å². The Morgan fingerprint density at radius 1 is 1.33 bits per heavy atom. The Hall–Kier alpha value is -1.26. The van der Waals surface area contributed by atoms with Crippen LogP contribution in [0.2, 0.25) is 5.02 Å². The molecule has 0 aliphatic carbocycles. The van der Waals surface area contributed by atoms with Crippen molar-refractivity contribution >= 4 is 28.9 Å². The molecule has 3 N–H and O–H groups in total. The van der Waals surface area contributed by atoms with E-state index in [1.54, 1.807) is 18.2 Å². The molecule has 1 rings (SSSR count). The summed E-state index contributed by atoms with van der Waals surface area (Å²) in [7, 11) is 1.97. The molecular formula is C16H26ClN3O. The maximum Gasteiger partial charge on any atom is 0.241 e. The Morgan fingerprint density at radius 2 is 1.95 bits per heavy atom. The fourth-order valence-corrected chi connectivity index (χ4v) is 2.48. The Balaban J connectivity index is 2.69. The van der Waals surface area contributed by atoms with Crippen LogP contribution < -0.4 is 11.1 Å². The van der Waals surface area contributed by atoms with E-state index < -0.39 is 0 Å². The second-order valence-corrected chi connectivity index (χ2v) is 6.48. The highest BCUT2D eigenvalue weighted by Gasteiger charge is 2.23. The minimum atomic E-state index is -0.228. The van der Waals surface area contributed by atoms with Gasteiger partial charge in [0.15, 0.2) is 0 Å². The zero-order valence-corrected chi connectivity index (χ0v) is 14.2. The van der Waals surface area contributed by atoms with Gasteiger partial charge in [-0.25, -0.2) is 0 Å². The second-order valence-electron chi connectivity index (χ2n) is 6.04. The van der Waals surface area contributed by atoms with Crippen LogP contribution in [0.3, 0.4) is 0 Å². The van der Waals surface area contributed by atoms with Crippen LogP contribution in [0.15, 0.2) is 18.2 Å². The molecule has 0 heterocycles. The Labute approximate surface area is 132 Å². The average molecular weight is 312 g/mol. The highest BCUT2D eigenvalue weighted by molar-refractivity contribution is 6.31. The number of carbonyl (C=O) groups is 1. The van der Waals surface area contributed by atoms with Crippen LogP contribution in [-0.4, -0.2) is 29.9 Å². The molecule has 0 spiro atoms. The molecule has 2 atom stereocenters. The molecule has 0 aromatic heterocycles. The van der Waals surface area contributed by atoms with E-state index in [2.05, 4.69) is 31.0 Å². The van der Waals surface area contributed by atoms with E-state index in [1.165, 1.54) is 0 Å². The van der Waals surface area contributed by atoms with Gasteiger partial charge in [0, 0.05) is 11.1 Å². The average Bonchev–Trinajstić information content (AvgIpc) is 2.39. The fraction of sp³-hybridized carbons (Fsp3) is 0.562. The number of nitrogens with two attached hydrogens (primary N) is 1. The molecule has 0 aliphatic heterocycles. The van der Waals surface area contributed by atoms with Gasteiger partial charge < -0.3 is 11.1 Å². The van der Waals surface area contributed by atoms with Crippen LogP contribution in [0.4, 0.5) is 11.4 Å². The van der Waals surface area contributed by atoms with Crippen LogP contribution in [-0.2, 0) is 4.79 Å². The van der Waals surface area contributed by atoms with Crippen LogP contribution in [0, 0.1) is 5.92 Å². The van der Waals surface area contributed by atoms with Crippen molar-refractivity contribution < 1.29 is 4.79 Å². The number of hydrogen-bond donors (Lipinski definition) is 2. The first kappa shape index (κ1) is 17.8. The summed E-state index contributed by atoms with van der Waals surface area (Å²) in [5.41, 5.74) is 6.93. The predicted molar refractivity (Wildman–Crippen MR) is 90.6 cm³/mol. The summed E-state index contributed by atoms with van der Waals surface area (Å²) in [5, 5.41) is 3.42. The van der Waals surface area contributed by atoms with Gasteiger partial charge in [0.05, 0.1) is 17.4 Å². The number of rotatable bonds is 6. The molecule has 0 bridgehead atoms. The van der Waals surface area contributed by atoms with Gasteiger partial charge >= 0.3 is 0 Å². The maximum atomic E-state index is 12.3. The van der Waals surface area contributed by atoms with Crippen molar-refractivity contribution in [2.24, 2.45) is 5.92 Å². The zero-order valence-electron chi connectivity index (χ0n) is 13.5. The largest absolute Gasteiger partial charge is 0.397 e. The highest BCUT2D eigenvalue weighted by atomic mass is 35.5. The monoisotopic (exact) mass is 311 g/mol. The SMILES string of the molecule is CC(C)CC(C)N(C)C(C)C(=O)Nc1ccc(Cl)cc1N. The summed E-state index contributed by atoms with van der Waals surface area (Å²) in [5.74, 6) is 0.534. The molecule has 21 heavy (non-hydrogen) atoms. The third-order valence-corrected chi connectivity index (χ3v) is 4.00. The molecule has 5 heteroatoms. The molecule has 0 aliphatic rings. The number of nitrogens with zero attached hydrogens (tertiary/aromatic N) is 1. The van der Waals surface area contributed by atoms with E-state index in [4.69, 9.17) is 17.3 Å². The van der Waals surface area contributed by atoms with Gasteiger partial charge in [-0.1, -0.05) is 25.4 Å². The van der Waals surface area contributed by atoms with Crippen molar-refractivity contribution in [3.8, 4) is 0 Å². The predicted octanol–water partition coefficient (Wildman–Crippen LogP) is 3.62. The lowest BCUT2D eigenvalue weighted by Gasteiger charge is -2.31. The molecule has 0 saturated carbocycles. The van der Waals surface area contributed by atoms with E-state index in [1.807, 2.05) is 14.0 Å². The summed E-state index contributed by atoms with van der Waals surface area (Å²) < 4.78 is 0. The number of nitrogens with one attached hydrogen (secondary N) is 1. The van der Waals surface area contributed by atoms with Gasteiger partial charge in [0.1, 0.15) is 0 Å². The van der Waals surface area contributed by atoms with Gasteiger partial charge in [-0.15, -0.1) is 0 Å². The minimum absolute atomic E-state index is 0.0675. The van der Waals surface area contributed by atoms with Crippen LogP contribution >= 0.6 is 11.6 Å². The summed E-state index contributed by atoms with van der Waals surface area (Å²) in [4.78, 5) is 14.4. The van der Waals surface area contributed by atoms with Crippen LogP contribution in [0.1, 0.15) is 34.1 Å². The summed E-state index contributed by atoms with van der Waals surface area (Å²) >= 11 is 5.86. The summed E-state index contributed by atoms with van der Waals surface area (Å²) in [6.45, 7) is 8.41. The molecule has 2 unspecified atom stereocenters. The number of carbonyl (C=O) groups excluding carboxylic acids is 1. The van der Waals surface area contributed by atoms with Crippen molar-refractivity contribution in [2.45, 2.75) is 46.2 Å². The van der Waals surface area contributed by atoms with Gasteiger partial charge in [-0.3, -0.25) is 9.69 Å². The molecule has 118 valence electrons. The molecule has 1 aromatic rings. The number of benzene rings is 1. The lowest BCUT2D eigenvalue weighted by atomic mass is 10.0. The highest BCUT2D eigenvalue weighted by Crippen LogP contribution is 2.23. The van der Waals surface area contributed by atoms with Gasteiger partial charge in [-0.2, -0.15) is 0 Å². The van der Waals surface area contributed by atoms with Crippen molar-refractivity contribution in [3.05, 3.63) is 23.2 Å². The topological polar surface area (TPSA) is 58.4 Å². The Morgan fingerprint density at radius 3 is 2.48 bits per heavy atom. The number of amides is 1. The first-order valence-corrected chi connectivity index (χ1v) is 7.68. The number of nitrogen functional groups attached to an aromatic ring is 1. The molecule has 0 fully saturated rings. The van der Waals surface area contributed by atoms with Crippen molar-refractivity contribution in [2.75, 3.05) is 18.1 Å². The third-order valence-electron chi connectivity index (χ3n) is 3.77. The first-order chi connectivity index (χ1) is 9.72. The smallest absolute Gasteiger partial charge is 0.241 e. The van der Waals surface area contributed by atoms with Crippen molar-refractivity contribution in [3.63, 3.8) is 0 Å². The number of likely N-dealkylation sites (N-methyl/N-ethyl adjacent to an activating group) is 1. The van der Waals surface area contributed by atoms with Gasteiger partial charge in [-0.05, 0) is 51.4 Å². The zero-order chi connectivity index (χ0) is 16.2. The maximum absolute atomic E-state index is 12.3. The van der Waals surface area contributed by atoms with E-state index in [0.29, 0.717) is 28.4 Å². The summed E-state index contributed by atoms with van der Waals surface area (Å²) in [6, 6.07) is 5.18. The number of halogens is 1. The lowest BCUT2D eigenvalue weighted by molar-refractivity contribution is -0.121. The Kier molecular flexibility index (Phi) is 6.49. The molecule has 1 aromatic carbocycles. The van der Waals surface area contributed by atoms with Crippen LogP contribution in [0.25, 0.3) is 0 Å². The molecule has 0 radical (unpaired) electrons.